The van der Waals surface area contributed by atoms with Gasteiger partial charge in [0, 0.05) is 0 Å². The first-order valence-electron chi connectivity index (χ1n) is 21.3. The maximum Gasteiger partial charge on any atom is 1.00 e. The summed E-state index contributed by atoms with van der Waals surface area (Å²) in [7, 11) is -4.68. The van der Waals surface area contributed by atoms with Crippen LogP contribution in [0.4, 0.5) is 0 Å². The minimum atomic E-state index is -4.68. The summed E-state index contributed by atoms with van der Waals surface area (Å²) in [6.45, 7) is 13.0. The number of rotatable bonds is 49. The quantitative estimate of drug-likeness (QED) is 0.0391. The van der Waals surface area contributed by atoms with E-state index in [1.165, 1.54) is 50.5 Å². The molecular formula is C41H75NaO17S. The fourth-order valence-electron chi connectivity index (χ4n) is 4.97. The number of ether oxygens (including phenoxy) is 13. The molecule has 19 heteroatoms. The average Bonchev–Trinajstić information content (AvgIpc) is 3.22. The van der Waals surface area contributed by atoms with E-state index in [1.807, 2.05) is 12.1 Å². The molecule has 1 aromatic carbocycles. The Morgan fingerprint density at radius 1 is 0.383 bits per heavy atom. The van der Waals surface area contributed by atoms with Gasteiger partial charge in [0.1, 0.15) is 12.4 Å². The molecule has 0 aliphatic heterocycles. The molecule has 0 aliphatic carbocycles. The number of hydrogen-bond donors (Lipinski definition) is 0. The van der Waals surface area contributed by atoms with Crippen LogP contribution in [-0.4, -0.2) is 185 Å². The van der Waals surface area contributed by atoms with Gasteiger partial charge in [-0.25, -0.2) is 8.42 Å². The zero-order chi connectivity index (χ0) is 42.4. The van der Waals surface area contributed by atoms with Gasteiger partial charge in [-0.2, -0.15) is 0 Å². The maximum absolute atomic E-state index is 10.2. The van der Waals surface area contributed by atoms with E-state index < -0.39 is 10.4 Å². The van der Waals surface area contributed by atoms with Crippen LogP contribution in [0.2, 0.25) is 0 Å². The van der Waals surface area contributed by atoms with Crippen LogP contribution in [0.15, 0.2) is 24.3 Å². The number of benzene rings is 1. The molecule has 0 radical (unpaired) electrons. The van der Waals surface area contributed by atoms with Crippen molar-refractivity contribution < 1.29 is 108 Å². The van der Waals surface area contributed by atoms with Gasteiger partial charge in [0.05, 0.1) is 165 Å². The van der Waals surface area contributed by atoms with Crippen molar-refractivity contribution in [3.05, 3.63) is 29.8 Å². The van der Waals surface area contributed by atoms with Crippen LogP contribution in [0.3, 0.4) is 0 Å². The van der Waals surface area contributed by atoms with Crippen LogP contribution in [0, 0.1) is 0 Å². The Morgan fingerprint density at radius 2 is 0.650 bits per heavy atom. The molecule has 1 aromatic rings. The van der Waals surface area contributed by atoms with Gasteiger partial charge in [-0.15, -0.1) is 0 Å². The number of hydrogen-bond acceptors (Lipinski definition) is 17. The molecule has 0 saturated carbocycles. The van der Waals surface area contributed by atoms with Crippen molar-refractivity contribution in [1.29, 1.82) is 0 Å². The first-order chi connectivity index (χ1) is 29.0. The fourth-order valence-corrected chi connectivity index (χ4v) is 5.25. The molecule has 0 saturated heterocycles. The molecule has 0 atom stereocenters. The van der Waals surface area contributed by atoms with Crippen LogP contribution in [0.5, 0.6) is 5.75 Å². The Kier molecular flexibility index (Phi) is 47.4. The smallest absolute Gasteiger partial charge is 0.726 e. The minimum Gasteiger partial charge on any atom is -0.726 e. The van der Waals surface area contributed by atoms with E-state index in [9.17, 15) is 13.0 Å². The van der Waals surface area contributed by atoms with Crippen LogP contribution in [-0.2, 0) is 77.8 Å². The second kappa shape index (κ2) is 47.9. The van der Waals surface area contributed by atoms with Gasteiger partial charge in [-0.05, 0) is 30.5 Å². The zero-order valence-electron chi connectivity index (χ0n) is 36.7. The third-order valence-electron chi connectivity index (χ3n) is 8.04. The van der Waals surface area contributed by atoms with Crippen molar-refractivity contribution in [1.82, 2.24) is 0 Å². The Hall–Kier alpha value is -0.590. The van der Waals surface area contributed by atoms with E-state index >= 15 is 0 Å². The standard InChI is InChI=1S/C41H76O17S.Na/c1-2-3-4-5-6-7-8-9-40-10-12-41(13-11-40)57-38-36-55-34-32-53-30-28-51-26-24-49-22-20-47-18-16-45-14-15-46-17-19-48-21-23-50-25-27-52-29-31-54-33-35-56-37-39-58-59(42,43)44;/h10-13H,2-9,14-39H2,1H3,(H,42,43,44);/q;+1/p-1. The number of unbranched alkanes of at least 4 members (excludes halogenated alkanes) is 6. The summed E-state index contributed by atoms with van der Waals surface area (Å²) < 4.78 is 106. The van der Waals surface area contributed by atoms with E-state index in [-0.39, 0.29) is 49.4 Å². The summed E-state index contributed by atoms with van der Waals surface area (Å²) in [6, 6.07) is 8.42. The van der Waals surface area contributed by atoms with Crippen molar-refractivity contribution in [2.24, 2.45) is 0 Å². The number of aryl methyl sites for hydroxylation is 1. The monoisotopic (exact) mass is 894 g/mol. The van der Waals surface area contributed by atoms with Gasteiger partial charge in [0.2, 0.25) is 10.4 Å². The molecule has 17 nitrogen and oxygen atoms in total. The fraction of sp³-hybridized carbons (Fsp3) is 0.854. The molecule has 0 bridgehead atoms. The Bertz CT molecular complexity index is 1090. The third-order valence-corrected chi connectivity index (χ3v) is 8.49. The molecular weight excluding hydrogens is 819 g/mol. The molecule has 348 valence electrons. The van der Waals surface area contributed by atoms with E-state index in [0.29, 0.717) is 152 Å². The molecule has 0 fully saturated rings. The van der Waals surface area contributed by atoms with E-state index in [1.54, 1.807) is 0 Å². The second-order valence-electron chi connectivity index (χ2n) is 12.9. The first kappa shape index (κ1) is 59.4. The predicted octanol–water partition coefficient (Wildman–Crippen LogP) is 1.04. The largest absolute Gasteiger partial charge is 1.00 e. The third kappa shape index (κ3) is 46.9. The van der Waals surface area contributed by atoms with Crippen molar-refractivity contribution in [2.45, 2.75) is 58.3 Å². The van der Waals surface area contributed by atoms with Gasteiger partial charge in [-0.3, -0.25) is 4.18 Å². The van der Waals surface area contributed by atoms with Crippen molar-refractivity contribution >= 4 is 10.4 Å². The van der Waals surface area contributed by atoms with Crippen molar-refractivity contribution in [3.8, 4) is 5.75 Å². The van der Waals surface area contributed by atoms with Crippen LogP contribution in [0.25, 0.3) is 0 Å². The summed E-state index contributed by atoms with van der Waals surface area (Å²) in [5.74, 6) is 0.878. The molecule has 0 spiro atoms. The maximum atomic E-state index is 10.2. The summed E-state index contributed by atoms with van der Waals surface area (Å²) in [6.07, 6.45) is 10.5. The Balaban J connectivity index is 0.0000348. The second-order valence-corrected chi connectivity index (χ2v) is 14.0. The topological polar surface area (TPSA) is 186 Å². The van der Waals surface area contributed by atoms with E-state index in [2.05, 4.69) is 23.2 Å². The Morgan fingerprint density at radius 3 is 0.950 bits per heavy atom. The van der Waals surface area contributed by atoms with Crippen LogP contribution >= 0.6 is 0 Å². The SMILES string of the molecule is CCCCCCCCCc1ccc(OCCOCCOCCOCCOCCOCCOCCOCCOCCOCCOCCOCCOCCOS(=O)(=O)[O-])cc1.[Na+]. The van der Waals surface area contributed by atoms with Crippen LogP contribution in [0.1, 0.15) is 57.4 Å². The van der Waals surface area contributed by atoms with Gasteiger partial charge in [-0.1, -0.05) is 57.6 Å². The summed E-state index contributed by atoms with van der Waals surface area (Å²) in [5, 5.41) is 0. The summed E-state index contributed by atoms with van der Waals surface area (Å²) >= 11 is 0. The first-order valence-corrected chi connectivity index (χ1v) is 22.6. The van der Waals surface area contributed by atoms with Crippen molar-refractivity contribution in [3.63, 3.8) is 0 Å². The van der Waals surface area contributed by atoms with Gasteiger partial charge < -0.3 is 66.1 Å². The minimum absolute atomic E-state index is 0. The van der Waals surface area contributed by atoms with Crippen molar-refractivity contribution in [2.75, 3.05) is 172 Å². The summed E-state index contributed by atoms with van der Waals surface area (Å²) in [4.78, 5) is 0. The normalized spacial score (nSPS) is 11.6. The molecule has 0 aromatic heterocycles. The molecule has 0 unspecified atom stereocenters. The summed E-state index contributed by atoms with van der Waals surface area (Å²) in [5.41, 5.74) is 1.37. The predicted molar refractivity (Wildman–Crippen MR) is 219 cm³/mol. The van der Waals surface area contributed by atoms with E-state index in [0.717, 1.165) is 12.2 Å². The molecule has 60 heavy (non-hydrogen) atoms. The molecule has 0 N–H and O–H groups in total. The van der Waals surface area contributed by atoms with Gasteiger partial charge in [0.15, 0.2) is 0 Å². The zero-order valence-corrected chi connectivity index (χ0v) is 39.5. The molecule has 1 rings (SSSR count). The van der Waals surface area contributed by atoms with Crippen LogP contribution < -0.4 is 34.3 Å². The van der Waals surface area contributed by atoms with E-state index in [4.69, 9.17) is 61.6 Å². The molecule has 0 aliphatic rings. The average molecular weight is 895 g/mol. The van der Waals surface area contributed by atoms with Gasteiger partial charge in [0.25, 0.3) is 0 Å². The Labute approximate surface area is 382 Å². The molecule has 0 heterocycles. The molecule has 0 amide bonds. The van der Waals surface area contributed by atoms with Gasteiger partial charge >= 0.3 is 29.6 Å².